The molecule has 0 unspecified atom stereocenters. The molecule has 208 valence electrons. The third-order valence-electron chi connectivity index (χ3n) is 3.30. The van der Waals surface area contributed by atoms with Crippen molar-refractivity contribution in [3.63, 3.8) is 0 Å². The summed E-state index contributed by atoms with van der Waals surface area (Å²) in [5.41, 5.74) is 11.3. The minimum atomic E-state index is -5.17. The first-order valence-electron chi connectivity index (χ1n) is 8.30. The molecule has 8 N–H and O–H groups in total. The Morgan fingerprint density at radius 1 is 0.455 bits per heavy atom. The third-order valence-corrected chi connectivity index (χ3v) is 3.30. The van der Waals surface area contributed by atoms with Crippen LogP contribution >= 0.6 is 0 Å². The van der Waals surface area contributed by atoms with E-state index in [2.05, 4.69) is 0 Å². The molecule has 2 rings (SSSR count). The normalized spacial score (nSPS) is 16.0. The molecule has 0 heterocycles. The van der Waals surface area contributed by atoms with Gasteiger partial charge in [0, 0.05) is 43.3 Å². The summed E-state index contributed by atoms with van der Waals surface area (Å²) in [4.78, 5) is 0. The maximum atomic E-state index is 8.52. The minimum Gasteiger partial charge on any atom is -0.759 e. The SMILES string of the molecule is NC1CCCCC1.NC1CCCCC1.O=S(=O)([O-])[O-].O=S(=O)([O-])[O-].O=S(=O)([O-])[O-].[NH2-].[NH2-].[Pt+4].[Pt+4]. The molecule has 21 heteroatoms. The summed E-state index contributed by atoms with van der Waals surface area (Å²) in [7, 11) is -15.5. The van der Waals surface area contributed by atoms with Gasteiger partial charge in [0.1, 0.15) is 0 Å². The zero-order chi connectivity index (χ0) is 23.7. The fourth-order valence-corrected chi connectivity index (χ4v) is 2.27. The Kier molecular flexibility index (Phi) is 42.1. The van der Waals surface area contributed by atoms with E-state index in [1.165, 1.54) is 64.2 Å². The summed E-state index contributed by atoms with van der Waals surface area (Å²) in [6, 6.07) is 1.07. The zero-order valence-corrected chi connectivity index (χ0v) is 24.3. The Hall–Kier alpha value is 0.827. The second-order valence-electron chi connectivity index (χ2n) is 6.02. The summed E-state index contributed by atoms with van der Waals surface area (Å²) in [6.07, 6.45) is 13.3. The predicted octanol–water partition coefficient (Wildman–Crippen LogP) is -0.0292. The van der Waals surface area contributed by atoms with Crippen molar-refractivity contribution in [1.29, 1.82) is 0 Å². The second kappa shape index (κ2) is 27.4. The molecule has 0 aromatic heterocycles. The van der Waals surface area contributed by atoms with Gasteiger partial charge in [-0.2, -0.15) is 0 Å². The molecule has 0 spiro atoms. The van der Waals surface area contributed by atoms with Crippen LogP contribution in [0.5, 0.6) is 0 Å². The molecule has 0 aromatic carbocycles. The van der Waals surface area contributed by atoms with Gasteiger partial charge < -0.3 is 51.1 Å². The molecule has 0 aromatic rings. The van der Waals surface area contributed by atoms with Gasteiger partial charge in [0.05, 0.1) is 0 Å². The Morgan fingerprint density at radius 2 is 0.576 bits per heavy atom. The molecule has 0 bridgehead atoms. The van der Waals surface area contributed by atoms with Crippen LogP contribution in [0.2, 0.25) is 0 Å². The van der Waals surface area contributed by atoms with E-state index in [0.29, 0.717) is 12.1 Å². The van der Waals surface area contributed by atoms with Gasteiger partial charge in [0.15, 0.2) is 0 Å². The van der Waals surface area contributed by atoms with Crippen molar-refractivity contribution in [2.24, 2.45) is 11.5 Å². The van der Waals surface area contributed by atoms with E-state index in [-0.39, 0.29) is 54.4 Å². The van der Waals surface area contributed by atoms with Crippen LogP contribution in [0, 0.1) is 0 Å². The van der Waals surface area contributed by atoms with Gasteiger partial charge in [0.2, 0.25) is 0 Å². The number of rotatable bonds is 0. The van der Waals surface area contributed by atoms with Crippen molar-refractivity contribution in [3.05, 3.63) is 12.3 Å². The molecule has 2 saturated carbocycles. The molecule has 0 amide bonds. The zero-order valence-electron chi connectivity index (χ0n) is 17.3. The molecule has 0 atom stereocenters. The van der Waals surface area contributed by atoms with Crippen LogP contribution in [0.3, 0.4) is 0 Å². The fourth-order valence-electron chi connectivity index (χ4n) is 2.27. The van der Waals surface area contributed by atoms with Gasteiger partial charge in [-0.3, -0.25) is 25.3 Å². The van der Waals surface area contributed by atoms with E-state index < -0.39 is 31.2 Å². The van der Waals surface area contributed by atoms with Crippen molar-refractivity contribution in [3.8, 4) is 0 Å². The molecule has 0 radical (unpaired) electrons. The molecule has 2 aliphatic carbocycles. The molecular formula is C12H30N4O12Pt2S3. The Labute approximate surface area is 224 Å². The van der Waals surface area contributed by atoms with Crippen LogP contribution in [0.4, 0.5) is 0 Å². The van der Waals surface area contributed by atoms with Gasteiger partial charge >= 0.3 is 42.1 Å². The summed E-state index contributed by atoms with van der Waals surface area (Å²) >= 11 is 0. The van der Waals surface area contributed by atoms with Crippen LogP contribution in [0.25, 0.3) is 12.3 Å². The van der Waals surface area contributed by atoms with Crippen molar-refractivity contribution >= 4 is 31.2 Å². The predicted molar refractivity (Wildman–Crippen MR) is 104 cm³/mol. The van der Waals surface area contributed by atoms with Crippen LogP contribution in [0.1, 0.15) is 64.2 Å². The maximum Gasteiger partial charge on any atom is 4.00 e. The van der Waals surface area contributed by atoms with Gasteiger partial charge in [-0.15, -0.1) is 0 Å². The smallest absolute Gasteiger partial charge is 0.759 e. The van der Waals surface area contributed by atoms with Gasteiger partial charge in [-0.25, -0.2) is 0 Å². The summed E-state index contributed by atoms with van der Waals surface area (Å²) in [5, 5.41) is 0. The van der Waals surface area contributed by atoms with E-state index in [4.69, 9.17) is 64.0 Å². The summed E-state index contributed by atoms with van der Waals surface area (Å²) in [5.74, 6) is 0. The number of hydrogen-bond acceptors (Lipinski definition) is 14. The Bertz CT molecular complexity index is 588. The molecule has 33 heavy (non-hydrogen) atoms. The molecule has 2 fully saturated rings. The van der Waals surface area contributed by atoms with Crippen molar-refractivity contribution in [2.75, 3.05) is 0 Å². The van der Waals surface area contributed by atoms with Gasteiger partial charge in [0.25, 0.3) is 0 Å². The maximum absolute atomic E-state index is 8.52. The van der Waals surface area contributed by atoms with Crippen LogP contribution in [0.15, 0.2) is 0 Å². The average molecular weight is 909 g/mol. The van der Waals surface area contributed by atoms with Crippen LogP contribution < -0.4 is 11.5 Å². The molecule has 0 saturated heterocycles. The van der Waals surface area contributed by atoms with E-state index in [9.17, 15) is 0 Å². The summed E-state index contributed by atoms with van der Waals surface area (Å²) in [6.45, 7) is 0. The Morgan fingerprint density at radius 3 is 0.636 bits per heavy atom. The first-order valence-corrected chi connectivity index (χ1v) is 12.3. The number of hydrogen-bond donors (Lipinski definition) is 2. The van der Waals surface area contributed by atoms with E-state index in [0.717, 1.165) is 0 Å². The van der Waals surface area contributed by atoms with Gasteiger partial charge in [-0.05, 0) is 25.7 Å². The third kappa shape index (κ3) is 110. The monoisotopic (exact) mass is 908 g/mol. The summed E-state index contributed by atoms with van der Waals surface area (Å²) < 4.78 is 102. The van der Waals surface area contributed by atoms with Crippen molar-refractivity contribution in [1.82, 2.24) is 0 Å². The largest absolute Gasteiger partial charge is 4.00 e. The molecule has 16 nitrogen and oxygen atoms in total. The van der Waals surface area contributed by atoms with Gasteiger partial charge in [-0.1, -0.05) is 38.5 Å². The molecule has 0 aliphatic heterocycles. The van der Waals surface area contributed by atoms with E-state index >= 15 is 0 Å². The Balaban J connectivity index is -0.0000000503. The molecule has 2 aliphatic rings. The van der Waals surface area contributed by atoms with Crippen molar-refractivity contribution < 1.29 is 94.7 Å². The quantitative estimate of drug-likeness (QED) is 0.238. The van der Waals surface area contributed by atoms with E-state index in [1.54, 1.807) is 0 Å². The van der Waals surface area contributed by atoms with Crippen LogP contribution in [-0.4, -0.2) is 64.7 Å². The van der Waals surface area contributed by atoms with Crippen LogP contribution in [-0.2, 0) is 73.3 Å². The van der Waals surface area contributed by atoms with Crippen molar-refractivity contribution in [2.45, 2.75) is 76.3 Å². The molecular weight excluding hydrogens is 879 g/mol. The number of nitrogens with two attached hydrogens (primary N) is 4. The first kappa shape index (κ1) is 50.6. The minimum absolute atomic E-state index is 0. The standard InChI is InChI=1S/2C6H13N.2H2N.3H2O4S.2Pt/c2*7-6-4-2-1-3-5-6;;;3*1-5(2,3)4;;/h2*6H,1-5,7H2;2*1H2;3*(H2,1,2,3,4);;/q;;2*-1;;;;2*+4/p-6. The topological polar surface area (TPSA) is 360 Å². The average Bonchev–Trinajstić information content (AvgIpc) is 2.44. The fraction of sp³-hybridized carbons (Fsp3) is 1.00. The van der Waals surface area contributed by atoms with E-state index in [1.807, 2.05) is 0 Å². The second-order valence-corrected chi connectivity index (χ2v) is 8.47. The first-order chi connectivity index (χ1) is 12.8.